The third-order valence-electron chi connectivity index (χ3n) is 2.83. The molecule has 0 aliphatic rings. The predicted octanol–water partition coefficient (Wildman–Crippen LogP) is 1.19. The highest BCUT2D eigenvalue weighted by atomic mass is 16.5. The van der Waals surface area contributed by atoms with Crippen molar-refractivity contribution in [2.45, 2.75) is 19.1 Å². The Labute approximate surface area is 110 Å². The minimum absolute atomic E-state index is 0.152. The molecule has 0 aliphatic carbocycles. The topological polar surface area (TPSA) is 79.7 Å². The zero-order valence-corrected chi connectivity index (χ0v) is 10.5. The quantitative estimate of drug-likeness (QED) is 0.808. The van der Waals surface area contributed by atoms with Crippen molar-refractivity contribution in [3.05, 3.63) is 42.1 Å². The maximum Gasteiger partial charge on any atom is 0.338 e. The first-order chi connectivity index (χ1) is 9.15. The molecule has 1 heterocycles. The maximum atomic E-state index is 11.4. The standard InChI is InChI=1S/C14H15NO4/c1-2-19-14(18)13(17)12(16)10-5-3-7-11-9(10)6-4-8-15-11/h3-8,12-13,16-17H,2H2,1H3. The highest BCUT2D eigenvalue weighted by molar-refractivity contribution is 5.84. The molecule has 0 saturated carbocycles. The predicted molar refractivity (Wildman–Crippen MR) is 69.3 cm³/mol. The van der Waals surface area contributed by atoms with Crippen molar-refractivity contribution >= 4 is 16.9 Å². The van der Waals surface area contributed by atoms with Crippen molar-refractivity contribution in [3.8, 4) is 0 Å². The van der Waals surface area contributed by atoms with Crippen LogP contribution in [0.3, 0.4) is 0 Å². The number of aliphatic hydroxyl groups is 2. The van der Waals surface area contributed by atoms with E-state index in [1.807, 2.05) is 0 Å². The van der Waals surface area contributed by atoms with Gasteiger partial charge in [-0.25, -0.2) is 4.79 Å². The summed E-state index contributed by atoms with van der Waals surface area (Å²) in [5, 5.41) is 20.6. The van der Waals surface area contributed by atoms with Gasteiger partial charge in [0.2, 0.25) is 0 Å². The number of carbonyl (C=O) groups excluding carboxylic acids is 1. The molecule has 100 valence electrons. The van der Waals surface area contributed by atoms with Gasteiger partial charge in [-0.15, -0.1) is 0 Å². The number of rotatable bonds is 4. The minimum atomic E-state index is -1.61. The Bertz CT molecular complexity index is 579. The normalized spacial score (nSPS) is 14.1. The van der Waals surface area contributed by atoms with Crippen LogP contribution in [0.1, 0.15) is 18.6 Å². The molecular weight excluding hydrogens is 246 g/mol. The molecule has 0 aliphatic heterocycles. The largest absolute Gasteiger partial charge is 0.464 e. The lowest BCUT2D eigenvalue weighted by Gasteiger charge is -2.18. The SMILES string of the molecule is CCOC(=O)C(O)C(O)c1cccc2ncccc12. The van der Waals surface area contributed by atoms with Crippen LogP contribution in [0.2, 0.25) is 0 Å². The van der Waals surface area contributed by atoms with E-state index >= 15 is 0 Å². The van der Waals surface area contributed by atoms with Crippen LogP contribution in [0.4, 0.5) is 0 Å². The Balaban J connectivity index is 2.36. The molecule has 0 radical (unpaired) electrons. The summed E-state index contributed by atoms with van der Waals surface area (Å²) in [5.41, 5.74) is 1.14. The number of fused-ring (bicyclic) bond motifs is 1. The lowest BCUT2D eigenvalue weighted by Crippen LogP contribution is -2.30. The first-order valence-electron chi connectivity index (χ1n) is 6.01. The molecule has 0 amide bonds. The van der Waals surface area contributed by atoms with Gasteiger partial charge in [-0.2, -0.15) is 0 Å². The molecule has 19 heavy (non-hydrogen) atoms. The number of esters is 1. The van der Waals surface area contributed by atoms with Crippen LogP contribution in [0.15, 0.2) is 36.5 Å². The van der Waals surface area contributed by atoms with Gasteiger partial charge in [0, 0.05) is 11.6 Å². The fourth-order valence-corrected chi connectivity index (χ4v) is 1.91. The van der Waals surface area contributed by atoms with Crippen molar-refractivity contribution in [3.63, 3.8) is 0 Å². The molecule has 5 nitrogen and oxygen atoms in total. The van der Waals surface area contributed by atoms with Crippen LogP contribution in [0, 0.1) is 0 Å². The van der Waals surface area contributed by atoms with Crippen LogP contribution in [0.25, 0.3) is 10.9 Å². The summed E-state index contributed by atoms with van der Waals surface area (Å²) in [6, 6.07) is 8.67. The highest BCUT2D eigenvalue weighted by Crippen LogP contribution is 2.25. The zero-order chi connectivity index (χ0) is 13.8. The lowest BCUT2D eigenvalue weighted by atomic mass is 9.99. The number of benzene rings is 1. The molecule has 2 atom stereocenters. The first kappa shape index (κ1) is 13.5. The second-order valence-electron chi connectivity index (χ2n) is 4.06. The Morgan fingerprint density at radius 1 is 1.32 bits per heavy atom. The molecule has 1 aromatic heterocycles. The van der Waals surface area contributed by atoms with Gasteiger partial charge in [-0.05, 0) is 24.6 Å². The maximum absolute atomic E-state index is 11.4. The Morgan fingerprint density at radius 2 is 2.11 bits per heavy atom. The van der Waals surface area contributed by atoms with E-state index in [4.69, 9.17) is 4.74 Å². The van der Waals surface area contributed by atoms with Gasteiger partial charge < -0.3 is 14.9 Å². The molecule has 0 saturated heterocycles. The number of nitrogens with zero attached hydrogens (tertiary/aromatic N) is 1. The number of pyridine rings is 1. The molecule has 0 fully saturated rings. The van der Waals surface area contributed by atoms with E-state index in [0.29, 0.717) is 16.5 Å². The van der Waals surface area contributed by atoms with Gasteiger partial charge in [0.05, 0.1) is 12.1 Å². The fraction of sp³-hybridized carbons (Fsp3) is 0.286. The summed E-state index contributed by atoms with van der Waals surface area (Å²) < 4.78 is 4.69. The lowest BCUT2D eigenvalue weighted by molar-refractivity contribution is -0.159. The van der Waals surface area contributed by atoms with E-state index in [-0.39, 0.29) is 6.61 Å². The van der Waals surface area contributed by atoms with Crippen molar-refractivity contribution in [2.75, 3.05) is 6.61 Å². The van der Waals surface area contributed by atoms with Crippen molar-refractivity contribution in [1.82, 2.24) is 4.98 Å². The number of aliphatic hydroxyl groups excluding tert-OH is 2. The van der Waals surface area contributed by atoms with Gasteiger partial charge in [-0.3, -0.25) is 4.98 Å². The van der Waals surface area contributed by atoms with E-state index in [2.05, 4.69) is 4.98 Å². The van der Waals surface area contributed by atoms with Crippen LogP contribution in [-0.2, 0) is 9.53 Å². The molecule has 0 bridgehead atoms. The molecule has 2 rings (SSSR count). The van der Waals surface area contributed by atoms with Gasteiger partial charge in [-0.1, -0.05) is 18.2 Å². The smallest absolute Gasteiger partial charge is 0.338 e. The molecule has 2 N–H and O–H groups in total. The fourth-order valence-electron chi connectivity index (χ4n) is 1.91. The van der Waals surface area contributed by atoms with Crippen molar-refractivity contribution < 1.29 is 19.7 Å². The first-order valence-corrected chi connectivity index (χ1v) is 6.01. The summed E-state index contributed by atoms with van der Waals surface area (Å²) in [4.78, 5) is 15.6. The monoisotopic (exact) mass is 261 g/mol. The van der Waals surface area contributed by atoms with E-state index in [1.54, 1.807) is 43.5 Å². The molecule has 0 spiro atoms. The number of ether oxygens (including phenoxy) is 1. The summed E-state index contributed by atoms with van der Waals surface area (Å²) in [6.45, 7) is 1.79. The van der Waals surface area contributed by atoms with Gasteiger partial charge in [0.25, 0.3) is 0 Å². The number of hydrogen-bond donors (Lipinski definition) is 2. The third-order valence-corrected chi connectivity index (χ3v) is 2.83. The Kier molecular flexibility index (Phi) is 4.09. The van der Waals surface area contributed by atoms with Crippen LogP contribution >= 0.6 is 0 Å². The third kappa shape index (κ3) is 2.72. The van der Waals surface area contributed by atoms with Crippen LogP contribution in [0.5, 0.6) is 0 Å². The summed E-state index contributed by atoms with van der Waals surface area (Å²) in [7, 11) is 0. The number of aromatic nitrogens is 1. The average Bonchev–Trinajstić information content (AvgIpc) is 2.45. The van der Waals surface area contributed by atoms with Crippen LogP contribution < -0.4 is 0 Å². The van der Waals surface area contributed by atoms with Crippen molar-refractivity contribution in [1.29, 1.82) is 0 Å². The number of hydrogen-bond acceptors (Lipinski definition) is 5. The molecule has 1 aromatic carbocycles. The molecular formula is C14H15NO4. The van der Waals surface area contributed by atoms with E-state index in [1.165, 1.54) is 0 Å². The molecule has 2 aromatic rings. The zero-order valence-electron chi connectivity index (χ0n) is 10.5. The Hall–Kier alpha value is -1.98. The molecule has 5 heteroatoms. The summed E-state index contributed by atoms with van der Waals surface area (Å²) >= 11 is 0. The van der Waals surface area contributed by atoms with Gasteiger partial charge in [0.15, 0.2) is 6.10 Å². The van der Waals surface area contributed by atoms with Crippen LogP contribution in [-0.4, -0.2) is 33.9 Å². The highest BCUT2D eigenvalue weighted by Gasteiger charge is 2.28. The average molecular weight is 261 g/mol. The van der Waals surface area contributed by atoms with Gasteiger partial charge in [0.1, 0.15) is 6.10 Å². The Morgan fingerprint density at radius 3 is 2.84 bits per heavy atom. The summed E-state index contributed by atoms with van der Waals surface area (Å²) in [5.74, 6) is -0.837. The van der Waals surface area contributed by atoms with E-state index < -0.39 is 18.2 Å². The van der Waals surface area contributed by atoms with E-state index in [0.717, 1.165) is 0 Å². The van der Waals surface area contributed by atoms with Crippen molar-refractivity contribution in [2.24, 2.45) is 0 Å². The van der Waals surface area contributed by atoms with E-state index in [9.17, 15) is 15.0 Å². The minimum Gasteiger partial charge on any atom is -0.464 e. The number of carbonyl (C=O) groups is 1. The second kappa shape index (κ2) is 5.77. The second-order valence-corrected chi connectivity index (χ2v) is 4.06. The molecule has 2 unspecified atom stereocenters. The summed E-state index contributed by atoms with van der Waals surface area (Å²) in [6.07, 6.45) is -1.31. The van der Waals surface area contributed by atoms with Gasteiger partial charge >= 0.3 is 5.97 Å².